The molecule has 6 nitrogen and oxygen atoms in total. The summed E-state index contributed by atoms with van der Waals surface area (Å²) in [5.74, 6) is 0. The quantitative estimate of drug-likeness (QED) is 0.757. The van der Waals surface area contributed by atoms with Crippen molar-refractivity contribution in [3.63, 3.8) is 0 Å². The first-order chi connectivity index (χ1) is 7.58. The Kier molecular flexibility index (Phi) is 4.49. The normalized spacial score (nSPS) is 11.2. The molecule has 0 saturated carbocycles. The van der Waals surface area contributed by atoms with Gasteiger partial charge < -0.3 is 15.6 Å². The maximum Gasteiger partial charge on any atom is 0.0588 e. The Morgan fingerprint density at radius 3 is 2.06 bits per heavy atom. The fourth-order valence-corrected chi connectivity index (χ4v) is 1.07. The zero-order chi connectivity index (χ0) is 12.0. The van der Waals surface area contributed by atoms with Crippen LogP contribution < -0.4 is 0 Å². The van der Waals surface area contributed by atoms with Crippen LogP contribution in [-0.4, -0.2) is 20.9 Å². The average Bonchev–Trinajstić information content (AvgIpc) is 2.24. The number of nitrogens with zero attached hydrogens (tertiary/aromatic N) is 2. The lowest BCUT2D eigenvalue weighted by Crippen LogP contribution is -2.02. The fourth-order valence-electron chi connectivity index (χ4n) is 1.07. The van der Waals surface area contributed by atoms with Crippen LogP contribution in [0.3, 0.4) is 0 Å². The van der Waals surface area contributed by atoms with Crippen LogP contribution in [0.1, 0.15) is 11.1 Å². The smallest absolute Gasteiger partial charge is 0.0588 e. The number of rotatable bonds is 4. The Morgan fingerprint density at radius 2 is 1.56 bits per heavy atom. The number of hydroxylamine groups is 4. The van der Waals surface area contributed by atoms with Crippen molar-refractivity contribution in [1.29, 1.82) is 0 Å². The van der Waals surface area contributed by atoms with Crippen molar-refractivity contribution >= 4 is 12.2 Å². The first-order valence-electron chi connectivity index (χ1n) is 4.35. The van der Waals surface area contributed by atoms with E-state index in [1.807, 2.05) is 0 Å². The van der Waals surface area contributed by atoms with E-state index in [1.165, 1.54) is 12.2 Å². The molecule has 86 valence electrons. The second-order valence-electron chi connectivity index (χ2n) is 2.91. The minimum absolute atomic E-state index is 0.0699. The Morgan fingerprint density at radius 1 is 1.00 bits per heavy atom. The first kappa shape index (κ1) is 12.2. The van der Waals surface area contributed by atoms with E-state index < -0.39 is 5.23 Å². The molecular weight excluding hydrogens is 212 g/mol. The largest absolute Gasteiger partial charge is 0.770 e. The van der Waals surface area contributed by atoms with Crippen LogP contribution in [0.5, 0.6) is 0 Å². The summed E-state index contributed by atoms with van der Waals surface area (Å²) in [5, 5.41) is 36.5. The van der Waals surface area contributed by atoms with Crippen molar-refractivity contribution in [3.05, 3.63) is 58.2 Å². The molecular formula is C10H10N2O4-2. The highest BCUT2D eigenvalue weighted by Gasteiger charge is 1.90. The predicted molar refractivity (Wildman–Crippen MR) is 58.5 cm³/mol. The fraction of sp³-hybridized carbons (Fsp3) is 0. The summed E-state index contributed by atoms with van der Waals surface area (Å²) in [6.45, 7) is 0. The molecule has 16 heavy (non-hydrogen) atoms. The Labute approximate surface area is 92.0 Å². The summed E-state index contributed by atoms with van der Waals surface area (Å²) < 4.78 is 0. The van der Waals surface area contributed by atoms with Crippen LogP contribution in [-0.2, 0) is 0 Å². The van der Waals surface area contributed by atoms with Gasteiger partial charge in [-0.1, -0.05) is 18.2 Å². The maximum absolute atomic E-state index is 10.1. The molecule has 0 amide bonds. The molecule has 1 aromatic rings. The van der Waals surface area contributed by atoms with Gasteiger partial charge in [0.05, 0.1) is 6.20 Å². The molecule has 1 aromatic carbocycles. The van der Waals surface area contributed by atoms with Gasteiger partial charge in [-0.3, -0.25) is 10.4 Å². The second kappa shape index (κ2) is 5.89. The lowest BCUT2D eigenvalue weighted by Gasteiger charge is -2.32. The molecule has 0 atom stereocenters. The van der Waals surface area contributed by atoms with Crippen molar-refractivity contribution in [2.45, 2.75) is 0 Å². The molecule has 0 aromatic heterocycles. The molecule has 0 spiro atoms. The van der Waals surface area contributed by atoms with Crippen LogP contribution >= 0.6 is 0 Å². The predicted octanol–water partition coefficient (Wildman–Crippen LogP) is 2.01. The lowest BCUT2D eigenvalue weighted by atomic mass is 10.1. The number of benzene rings is 1. The third kappa shape index (κ3) is 4.58. The average molecular weight is 222 g/mol. The van der Waals surface area contributed by atoms with Crippen LogP contribution in [0.4, 0.5) is 0 Å². The Bertz CT molecular complexity index is 355. The third-order valence-corrected chi connectivity index (χ3v) is 1.70. The number of hydrogen-bond donors (Lipinski definition) is 2. The van der Waals surface area contributed by atoms with E-state index in [9.17, 15) is 10.4 Å². The van der Waals surface area contributed by atoms with E-state index in [2.05, 4.69) is 0 Å². The molecule has 2 N–H and O–H groups in total. The summed E-state index contributed by atoms with van der Waals surface area (Å²) in [6.07, 6.45) is 4.68. The van der Waals surface area contributed by atoms with Gasteiger partial charge in [0.15, 0.2) is 0 Å². The van der Waals surface area contributed by atoms with Gasteiger partial charge in [-0.25, -0.2) is 0 Å². The summed E-state index contributed by atoms with van der Waals surface area (Å²) >= 11 is 0. The zero-order valence-electron chi connectivity index (χ0n) is 8.22. The molecule has 0 heterocycles. The monoisotopic (exact) mass is 222 g/mol. The summed E-state index contributed by atoms with van der Waals surface area (Å²) in [4.78, 5) is 0. The molecule has 6 heteroatoms. The Hall–Kier alpha value is -1.86. The molecule has 0 saturated heterocycles. The summed E-state index contributed by atoms with van der Waals surface area (Å²) in [5.41, 5.74) is 1.35. The minimum Gasteiger partial charge on any atom is -0.770 e. The van der Waals surface area contributed by atoms with Gasteiger partial charge in [0.1, 0.15) is 0 Å². The van der Waals surface area contributed by atoms with E-state index >= 15 is 0 Å². The van der Waals surface area contributed by atoms with Crippen molar-refractivity contribution in [1.82, 2.24) is 10.5 Å². The SMILES string of the molecule is [O-]N([O-])C=Cc1cccc(C=CN(O)O)c1. The highest BCUT2D eigenvalue weighted by molar-refractivity contribution is 5.57. The molecule has 0 unspecified atom stereocenters. The van der Waals surface area contributed by atoms with Gasteiger partial charge >= 0.3 is 0 Å². The Balaban J connectivity index is 2.79. The van der Waals surface area contributed by atoms with Gasteiger partial charge in [0.2, 0.25) is 0 Å². The van der Waals surface area contributed by atoms with Crippen LogP contribution in [0, 0.1) is 10.4 Å². The zero-order valence-corrected chi connectivity index (χ0v) is 8.22. The third-order valence-electron chi connectivity index (χ3n) is 1.70. The molecule has 0 aliphatic heterocycles. The van der Waals surface area contributed by atoms with Crippen molar-refractivity contribution in [3.8, 4) is 0 Å². The molecule has 0 fully saturated rings. The highest BCUT2D eigenvalue weighted by atomic mass is 16.8. The standard InChI is InChI=1S/C10H10N2O4/c13-11(14)6-4-9-2-1-3-10(8-9)5-7-12(15)16/h1-8,13-14H/q-2. The van der Waals surface area contributed by atoms with Crippen molar-refractivity contribution in [2.75, 3.05) is 0 Å². The van der Waals surface area contributed by atoms with Crippen LogP contribution in [0.15, 0.2) is 36.7 Å². The minimum atomic E-state index is -0.550. The van der Waals surface area contributed by atoms with Gasteiger partial charge in [0, 0.05) is 0 Å². The molecule has 0 radical (unpaired) electrons. The second-order valence-corrected chi connectivity index (χ2v) is 2.91. The topological polar surface area (TPSA) is 93.1 Å². The van der Waals surface area contributed by atoms with E-state index in [0.29, 0.717) is 11.1 Å². The summed E-state index contributed by atoms with van der Waals surface area (Å²) in [7, 11) is 0. The van der Waals surface area contributed by atoms with Gasteiger partial charge in [-0.05, 0) is 35.5 Å². The van der Waals surface area contributed by atoms with Crippen LogP contribution in [0.2, 0.25) is 0 Å². The molecule has 0 aliphatic carbocycles. The highest BCUT2D eigenvalue weighted by Crippen LogP contribution is 2.09. The van der Waals surface area contributed by atoms with E-state index in [0.717, 1.165) is 12.4 Å². The van der Waals surface area contributed by atoms with Gasteiger partial charge in [-0.15, -0.1) is 5.23 Å². The lowest BCUT2D eigenvalue weighted by molar-refractivity contribution is -0.266. The van der Waals surface area contributed by atoms with Crippen molar-refractivity contribution in [2.24, 2.45) is 0 Å². The van der Waals surface area contributed by atoms with E-state index in [4.69, 9.17) is 10.4 Å². The maximum atomic E-state index is 10.1. The van der Waals surface area contributed by atoms with E-state index in [1.54, 1.807) is 24.3 Å². The van der Waals surface area contributed by atoms with Crippen molar-refractivity contribution < 1.29 is 10.4 Å². The van der Waals surface area contributed by atoms with E-state index in [-0.39, 0.29) is 5.23 Å². The van der Waals surface area contributed by atoms with Gasteiger partial charge in [-0.2, -0.15) is 0 Å². The first-order valence-corrected chi connectivity index (χ1v) is 4.35. The summed E-state index contributed by atoms with van der Waals surface area (Å²) in [6, 6.07) is 6.80. The van der Waals surface area contributed by atoms with Crippen LogP contribution in [0.25, 0.3) is 12.2 Å². The number of hydrogen-bond acceptors (Lipinski definition) is 6. The molecule has 1 rings (SSSR count). The molecule has 0 bridgehead atoms. The molecule has 0 aliphatic rings. The van der Waals surface area contributed by atoms with Gasteiger partial charge in [0.25, 0.3) is 0 Å².